The zero-order valence-corrected chi connectivity index (χ0v) is 29.3. The Morgan fingerprint density at radius 1 is 0.681 bits per heavy atom. The highest BCUT2D eigenvalue weighted by atomic mass is 35.5. The summed E-state index contributed by atoms with van der Waals surface area (Å²) in [5.41, 5.74) is 5.64. The minimum absolute atomic E-state index is 0.195. The van der Waals surface area contributed by atoms with E-state index in [4.69, 9.17) is 21.1 Å². The third-order valence-electron chi connectivity index (χ3n) is 8.95. The molecular weight excluding hydrogens is 608 g/mol. The fourth-order valence-corrected chi connectivity index (χ4v) is 6.43. The lowest BCUT2D eigenvalue weighted by Crippen LogP contribution is -2.53. The second-order valence-corrected chi connectivity index (χ2v) is 13.9. The first kappa shape index (κ1) is 35.0. The van der Waals surface area contributed by atoms with Gasteiger partial charge in [0.15, 0.2) is 0 Å². The van der Waals surface area contributed by atoms with Gasteiger partial charge in [-0.3, -0.25) is 14.7 Å². The SMILES string of the molecule is CC/C(=C(\c1ccc(Cl)cc1)c1ccc(OCCN2CCN(CCN3CCN(C(=O)OC(C)(C)C)CC3)CC2)cc1)c1ccccc1. The highest BCUT2D eigenvalue weighted by Crippen LogP contribution is 2.35. The van der Waals surface area contributed by atoms with Crippen molar-refractivity contribution in [2.24, 2.45) is 0 Å². The van der Waals surface area contributed by atoms with Gasteiger partial charge < -0.3 is 14.4 Å². The molecule has 0 aromatic heterocycles. The average molecular weight is 659 g/mol. The quantitative estimate of drug-likeness (QED) is 0.202. The van der Waals surface area contributed by atoms with Crippen molar-refractivity contribution in [2.75, 3.05) is 78.6 Å². The first-order valence-corrected chi connectivity index (χ1v) is 17.5. The number of nitrogens with zero attached hydrogens (tertiary/aromatic N) is 4. The zero-order valence-electron chi connectivity index (χ0n) is 28.6. The van der Waals surface area contributed by atoms with Crippen molar-refractivity contribution < 1.29 is 14.3 Å². The Labute approximate surface area is 286 Å². The summed E-state index contributed by atoms with van der Waals surface area (Å²) in [5.74, 6) is 0.896. The number of amides is 1. The highest BCUT2D eigenvalue weighted by Gasteiger charge is 2.26. The molecule has 8 heteroatoms. The van der Waals surface area contributed by atoms with E-state index in [9.17, 15) is 4.79 Å². The van der Waals surface area contributed by atoms with Crippen molar-refractivity contribution in [3.05, 3.63) is 101 Å². The molecule has 3 aromatic carbocycles. The normalized spacial score (nSPS) is 17.3. The molecule has 1 amide bonds. The molecule has 2 aliphatic heterocycles. The fourth-order valence-electron chi connectivity index (χ4n) is 6.31. The molecule has 0 aliphatic carbocycles. The zero-order chi connectivity index (χ0) is 33.2. The number of carbonyl (C=O) groups excluding carboxylic acids is 1. The molecule has 7 nitrogen and oxygen atoms in total. The molecule has 0 saturated carbocycles. The molecule has 252 valence electrons. The summed E-state index contributed by atoms with van der Waals surface area (Å²) in [4.78, 5) is 21.7. The van der Waals surface area contributed by atoms with Crippen LogP contribution >= 0.6 is 11.6 Å². The number of carbonyl (C=O) groups is 1. The van der Waals surface area contributed by atoms with Crippen LogP contribution in [0.15, 0.2) is 78.9 Å². The summed E-state index contributed by atoms with van der Waals surface area (Å²) in [6.07, 6.45) is 0.722. The van der Waals surface area contributed by atoms with Gasteiger partial charge in [-0.15, -0.1) is 0 Å². The van der Waals surface area contributed by atoms with Gasteiger partial charge in [0.2, 0.25) is 0 Å². The summed E-state index contributed by atoms with van der Waals surface area (Å²) < 4.78 is 11.7. The monoisotopic (exact) mass is 658 g/mol. The van der Waals surface area contributed by atoms with Crippen molar-refractivity contribution in [1.29, 1.82) is 0 Å². The van der Waals surface area contributed by atoms with Crippen molar-refractivity contribution in [2.45, 2.75) is 39.7 Å². The van der Waals surface area contributed by atoms with Crippen molar-refractivity contribution in [1.82, 2.24) is 19.6 Å². The molecule has 2 saturated heterocycles. The fraction of sp³-hybridized carbons (Fsp3) is 0.462. The molecule has 0 bridgehead atoms. The maximum absolute atomic E-state index is 12.3. The summed E-state index contributed by atoms with van der Waals surface area (Å²) in [6, 6.07) is 27.3. The Morgan fingerprint density at radius 2 is 1.19 bits per heavy atom. The van der Waals surface area contributed by atoms with Gasteiger partial charge in [-0.2, -0.15) is 0 Å². The van der Waals surface area contributed by atoms with Crippen LogP contribution in [-0.4, -0.2) is 110 Å². The summed E-state index contributed by atoms with van der Waals surface area (Å²) >= 11 is 6.24. The van der Waals surface area contributed by atoms with E-state index >= 15 is 0 Å². The second kappa shape index (κ2) is 16.6. The highest BCUT2D eigenvalue weighted by molar-refractivity contribution is 6.30. The van der Waals surface area contributed by atoms with Crippen LogP contribution in [-0.2, 0) is 4.74 Å². The van der Waals surface area contributed by atoms with Gasteiger partial charge in [0.1, 0.15) is 18.0 Å². The summed E-state index contributed by atoms with van der Waals surface area (Å²) in [5, 5.41) is 0.739. The van der Waals surface area contributed by atoms with Crippen LogP contribution in [0.25, 0.3) is 11.1 Å². The van der Waals surface area contributed by atoms with Gasteiger partial charge in [-0.25, -0.2) is 4.79 Å². The molecule has 0 unspecified atom stereocenters. The molecule has 0 atom stereocenters. The first-order valence-electron chi connectivity index (χ1n) is 17.1. The van der Waals surface area contributed by atoms with E-state index in [0.717, 1.165) is 94.7 Å². The topological polar surface area (TPSA) is 48.5 Å². The van der Waals surface area contributed by atoms with E-state index in [1.54, 1.807) is 0 Å². The molecule has 2 heterocycles. The standard InChI is InChI=1S/C39H51ClN4O3/c1-5-36(31-9-7-6-8-10-31)37(32-11-15-34(40)16-12-32)33-13-17-35(18-14-33)46-30-29-43-23-21-41(22-24-43)19-20-42-25-27-44(28-26-42)38(45)47-39(2,3)4/h6-18H,5,19-30H2,1-4H3/b37-36-. The van der Waals surface area contributed by atoms with E-state index in [0.29, 0.717) is 6.61 Å². The van der Waals surface area contributed by atoms with Gasteiger partial charge in [-0.05, 0) is 79.3 Å². The average Bonchev–Trinajstić information content (AvgIpc) is 3.07. The van der Waals surface area contributed by atoms with Gasteiger partial charge >= 0.3 is 6.09 Å². The first-order chi connectivity index (χ1) is 22.7. The predicted molar refractivity (Wildman–Crippen MR) is 193 cm³/mol. The maximum Gasteiger partial charge on any atom is 0.410 e. The second-order valence-electron chi connectivity index (χ2n) is 13.4. The Hall–Kier alpha value is -3.36. The number of benzene rings is 3. The number of ether oxygens (including phenoxy) is 2. The van der Waals surface area contributed by atoms with E-state index in [-0.39, 0.29) is 6.09 Å². The number of allylic oxidation sites excluding steroid dienone is 1. The summed E-state index contributed by atoms with van der Waals surface area (Å²) in [6.45, 7) is 19.2. The minimum atomic E-state index is -0.447. The third kappa shape index (κ3) is 10.3. The predicted octanol–water partition coefficient (Wildman–Crippen LogP) is 7.26. The molecule has 47 heavy (non-hydrogen) atoms. The Balaban J connectivity index is 1.06. The number of hydrogen-bond acceptors (Lipinski definition) is 6. The molecule has 2 fully saturated rings. The Bertz CT molecular complexity index is 1440. The number of rotatable bonds is 11. The third-order valence-corrected chi connectivity index (χ3v) is 9.20. The van der Waals surface area contributed by atoms with Crippen LogP contribution in [0.4, 0.5) is 4.79 Å². The summed E-state index contributed by atoms with van der Waals surface area (Å²) in [7, 11) is 0. The Morgan fingerprint density at radius 3 is 1.72 bits per heavy atom. The van der Waals surface area contributed by atoms with Crippen LogP contribution in [0, 0.1) is 0 Å². The number of piperazine rings is 2. The lowest BCUT2D eigenvalue weighted by molar-refractivity contribution is 0.0133. The molecule has 0 N–H and O–H groups in total. The molecule has 5 rings (SSSR count). The lowest BCUT2D eigenvalue weighted by atomic mass is 9.88. The van der Waals surface area contributed by atoms with Gasteiger partial charge in [0.25, 0.3) is 0 Å². The van der Waals surface area contributed by atoms with Gasteiger partial charge in [-0.1, -0.05) is 73.1 Å². The molecule has 0 spiro atoms. The smallest absolute Gasteiger partial charge is 0.410 e. The van der Waals surface area contributed by atoms with Crippen molar-refractivity contribution >= 4 is 28.8 Å². The molecule has 2 aliphatic rings. The van der Waals surface area contributed by atoms with E-state index < -0.39 is 5.60 Å². The van der Waals surface area contributed by atoms with Crippen LogP contribution in [0.2, 0.25) is 5.02 Å². The Kier molecular flexibility index (Phi) is 12.4. The molecular formula is C39H51ClN4O3. The number of hydrogen-bond donors (Lipinski definition) is 0. The molecule has 3 aromatic rings. The van der Waals surface area contributed by atoms with Crippen LogP contribution in [0.5, 0.6) is 5.75 Å². The van der Waals surface area contributed by atoms with E-state index in [1.165, 1.54) is 22.3 Å². The van der Waals surface area contributed by atoms with E-state index in [1.807, 2.05) is 37.8 Å². The van der Waals surface area contributed by atoms with Crippen molar-refractivity contribution in [3.8, 4) is 5.75 Å². The number of halogens is 1. The minimum Gasteiger partial charge on any atom is -0.492 e. The maximum atomic E-state index is 12.3. The van der Waals surface area contributed by atoms with E-state index in [2.05, 4.69) is 88.4 Å². The van der Waals surface area contributed by atoms with Crippen LogP contribution < -0.4 is 4.74 Å². The van der Waals surface area contributed by atoms with Gasteiger partial charge in [0, 0.05) is 77.0 Å². The lowest BCUT2D eigenvalue weighted by Gasteiger charge is -2.38. The largest absolute Gasteiger partial charge is 0.492 e. The van der Waals surface area contributed by atoms with Gasteiger partial charge in [0.05, 0.1) is 0 Å². The van der Waals surface area contributed by atoms with Crippen LogP contribution in [0.1, 0.15) is 50.8 Å². The van der Waals surface area contributed by atoms with Crippen molar-refractivity contribution in [3.63, 3.8) is 0 Å². The molecule has 0 radical (unpaired) electrons. The van der Waals surface area contributed by atoms with Crippen LogP contribution in [0.3, 0.4) is 0 Å².